The van der Waals surface area contributed by atoms with E-state index in [0.717, 1.165) is 38.7 Å². The Hall–Kier alpha value is -5.12. The number of aromatic nitrogens is 1. The molecule has 3 heteroatoms. The van der Waals surface area contributed by atoms with Crippen LogP contribution in [0.5, 0.6) is 0 Å². The maximum Gasteiger partial charge on any atom is 0.161 e. The third kappa shape index (κ3) is 3.36. The SMILES string of the molecule is c1ccc(-n2c3ccccc3c3oc4ccc(-c5cccc(-c6cccc7c6sc6ccccc67)c5)cc4c32)cc1. The predicted octanol–water partition coefficient (Wildman–Crippen LogP) is 11.2. The number of thiophene rings is 1. The summed E-state index contributed by atoms with van der Waals surface area (Å²) in [5.41, 5.74) is 10.1. The van der Waals surface area contributed by atoms with Gasteiger partial charge in [-0.15, -0.1) is 11.3 Å². The molecular weight excluding hydrogens is 518 g/mol. The predicted molar refractivity (Wildman–Crippen MR) is 174 cm³/mol. The average Bonchev–Trinajstić information content (AvgIpc) is 3.70. The van der Waals surface area contributed by atoms with E-state index < -0.39 is 0 Å². The molecular formula is C38H23NOS. The van der Waals surface area contributed by atoms with Gasteiger partial charge in [-0.3, -0.25) is 0 Å². The first-order chi connectivity index (χ1) is 20.3. The minimum Gasteiger partial charge on any atom is -0.454 e. The van der Waals surface area contributed by atoms with E-state index in [4.69, 9.17) is 4.42 Å². The number of hydrogen-bond acceptors (Lipinski definition) is 2. The quantitative estimate of drug-likeness (QED) is 0.217. The monoisotopic (exact) mass is 541 g/mol. The van der Waals surface area contributed by atoms with Crippen LogP contribution in [-0.2, 0) is 0 Å². The van der Waals surface area contributed by atoms with Gasteiger partial charge in [-0.1, -0.05) is 91.0 Å². The molecule has 41 heavy (non-hydrogen) atoms. The molecule has 9 aromatic rings. The molecule has 3 aromatic heterocycles. The molecule has 6 aromatic carbocycles. The highest BCUT2D eigenvalue weighted by Crippen LogP contribution is 2.42. The van der Waals surface area contributed by atoms with E-state index in [1.807, 2.05) is 11.3 Å². The van der Waals surface area contributed by atoms with Crippen LogP contribution in [0.2, 0.25) is 0 Å². The summed E-state index contributed by atoms with van der Waals surface area (Å²) in [6.45, 7) is 0. The zero-order valence-corrected chi connectivity index (χ0v) is 22.9. The van der Waals surface area contributed by atoms with Crippen molar-refractivity contribution in [1.82, 2.24) is 4.57 Å². The maximum absolute atomic E-state index is 6.51. The standard InChI is InChI=1S/C38H23NOS/c1-2-12-27(13-3-1)39-33-18-6-4-15-31(33)37-36(39)32-23-25(20-21-34(32)40-37)24-10-8-11-26(22-24)28-16-9-17-30-29-14-5-7-19-35(29)41-38(28)30/h1-23H. The average molecular weight is 542 g/mol. The van der Waals surface area contributed by atoms with E-state index in [9.17, 15) is 0 Å². The summed E-state index contributed by atoms with van der Waals surface area (Å²) in [7, 11) is 0. The van der Waals surface area contributed by atoms with Gasteiger partial charge in [0.1, 0.15) is 11.1 Å². The van der Waals surface area contributed by atoms with Gasteiger partial charge in [0.25, 0.3) is 0 Å². The van der Waals surface area contributed by atoms with Gasteiger partial charge in [0.15, 0.2) is 5.58 Å². The molecule has 0 bridgehead atoms. The second kappa shape index (κ2) is 8.69. The number of rotatable bonds is 3. The summed E-state index contributed by atoms with van der Waals surface area (Å²) >= 11 is 1.88. The molecule has 0 unspecified atom stereocenters. The summed E-state index contributed by atoms with van der Waals surface area (Å²) in [5.74, 6) is 0. The largest absolute Gasteiger partial charge is 0.454 e. The summed E-state index contributed by atoms with van der Waals surface area (Å²) in [6.07, 6.45) is 0. The van der Waals surface area contributed by atoms with Gasteiger partial charge >= 0.3 is 0 Å². The second-order valence-corrected chi connectivity index (χ2v) is 11.6. The molecule has 0 N–H and O–H groups in total. The van der Waals surface area contributed by atoms with E-state index >= 15 is 0 Å². The van der Waals surface area contributed by atoms with Crippen molar-refractivity contribution in [2.24, 2.45) is 0 Å². The van der Waals surface area contributed by atoms with Gasteiger partial charge in [0.05, 0.1) is 5.52 Å². The van der Waals surface area contributed by atoms with E-state index in [1.54, 1.807) is 0 Å². The molecule has 0 aliphatic carbocycles. The van der Waals surface area contributed by atoms with Crippen molar-refractivity contribution in [2.45, 2.75) is 0 Å². The third-order valence-corrected chi connectivity index (χ3v) is 9.42. The Morgan fingerprint density at radius 3 is 2.17 bits per heavy atom. The molecule has 0 saturated heterocycles. The lowest BCUT2D eigenvalue weighted by molar-refractivity contribution is 0.673. The minimum absolute atomic E-state index is 0.903. The summed E-state index contributed by atoms with van der Waals surface area (Å²) in [6, 6.07) is 49.9. The lowest BCUT2D eigenvalue weighted by Crippen LogP contribution is -1.92. The molecule has 0 atom stereocenters. The van der Waals surface area contributed by atoms with Gasteiger partial charge in [0.2, 0.25) is 0 Å². The lowest BCUT2D eigenvalue weighted by Gasteiger charge is -2.09. The molecule has 0 amide bonds. The summed E-state index contributed by atoms with van der Waals surface area (Å²) < 4.78 is 11.5. The molecule has 0 saturated carbocycles. The zero-order valence-electron chi connectivity index (χ0n) is 22.0. The number of para-hydroxylation sites is 2. The Bertz CT molecular complexity index is 2420. The fraction of sp³-hybridized carbons (Fsp3) is 0. The fourth-order valence-electron chi connectivity index (χ4n) is 6.34. The topological polar surface area (TPSA) is 18.1 Å². The number of benzene rings is 6. The third-order valence-electron chi connectivity index (χ3n) is 8.20. The highest BCUT2D eigenvalue weighted by molar-refractivity contribution is 7.26. The van der Waals surface area contributed by atoms with Gasteiger partial charge in [-0.2, -0.15) is 0 Å². The van der Waals surface area contributed by atoms with Crippen molar-refractivity contribution in [1.29, 1.82) is 0 Å². The molecule has 0 fully saturated rings. The van der Waals surface area contributed by atoms with Crippen LogP contribution >= 0.6 is 11.3 Å². The molecule has 0 spiro atoms. The number of nitrogens with zero attached hydrogens (tertiary/aromatic N) is 1. The van der Waals surface area contributed by atoms with Gasteiger partial charge < -0.3 is 8.98 Å². The first kappa shape index (κ1) is 22.7. The van der Waals surface area contributed by atoms with Crippen LogP contribution in [0.25, 0.3) is 81.1 Å². The zero-order chi connectivity index (χ0) is 26.9. The molecule has 0 aliphatic rings. The van der Waals surface area contributed by atoms with Crippen molar-refractivity contribution in [3.8, 4) is 27.9 Å². The van der Waals surface area contributed by atoms with Crippen molar-refractivity contribution in [3.05, 3.63) is 140 Å². The Morgan fingerprint density at radius 1 is 0.512 bits per heavy atom. The van der Waals surface area contributed by atoms with E-state index in [1.165, 1.54) is 42.4 Å². The fourth-order valence-corrected chi connectivity index (χ4v) is 7.57. The molecule has 0 radical (unpaired) electrons. The first-order valence-electron chi connectivity index (χ1n) is 13.9. The molecule has 3 heterocycles. The normalized spacial score (nSPS) is 11.9. The maximum atomic E-state index is 6.51. The molecule has 9 rings (SSSR count). The second-order valence-electron chi connectivity index (χ2n) is 10.5. The van der Waals surface area contributed by atoms with Crippen LogP contribution in [0.1, 0.15) is 0 Å². The van der Waals surface area contributed by atoms with Crippen LogP contribution < -0.4 is 0 Å². The first-order valence-corrected chi connectivity index (χ1v) is 14.7. The van der Waals surface area contributed by atoms with Crippen LogP contribution in [-0.4, -0.2) is 4.57 Å². The van der Waals surface area contributed by atoms with E-state index in [0.29, 0.717) is 0 Å². The highest BCUT2D eigenvalue weighted by atomic mass is 32.1. The Balaban J connectivity index is 1.25. The Labute approximate surface area is 240 Å². The van der Waals surface area contributed by atoms with Crippen LogP contribution in [0, 0.1) is 0 Å². The molecule has 2 nitrogen and oxygen atoms in total. The smallest absolute Gasteiger partial charge is 0.161 e. The highest BCUT2D eigenvalue weighted by Gasteiger charge is 2.19. The van der Waals surface area contributed by atoms with Crippen LogP contribution in [0.15, 0.2) is 144 Å². The van der Waals surface area contributed by atoms with Gasteiger partial charge in [-0.05, 0) is 70.8 Å². The summed E-state index contributed by atoms with van der Waals surface area (Å²) in [5, 5.41) is 4.90. The van der Waals surface area contributed by atoms with Crippen molar-refractivity contribution in [2.75, 3.05) is 0 Å². The number of fused-ring (bicyclic) bond motifs is 8. The van der Waals surface area contributed by atoms with Crippen LogP contribution in [0.3, 0.4) is 0 Å². The minimum atomic E-state index is 0.903. The Kier molecular flexibility index (Phi) is 4.80. The Morgan fingerprint density at radius 2 is 1.24 bits per heavy atom. The number of furan rings is 1. The van der Waals surface area contributed by atoms with Gasteiger partial charge in [-0.25, -0.2) is 0 Å². The van der Waals surface area contributed by atoms with Crippen molar-refractivity contribution >= 4 is 64.5 Å². The van der Waals surface area contributed by atoms with Crippen molar-refractivity contribution in [3.63, 3.8) is 0 Å². The summed E-state index contributed by atoms with van der Waals surface area (Å²) in [4.78, 5) is 0. The van der Waals surface area contributed by atoms with Gasteiger partial charge in [0, 0.05) is 36.6 Å². The van der Waals surface area contributed by atoms with Crippen molar-refractivity contribution < 1.29 is 4.42 Å². The number of hydrogen-bond donors (Lipinski definition) is 0. The van der Waals surface area contributed by atoms with E-state index in [-0.39, 0.29) is 0 Å². The molecule has 0 aliphatic heterocycles. The molecule has 192 valence electrons. The van der Waals surface area contributed by atoms with Crippen LogP contribution in [0.4, 0.5) is 0 Å². The van der Waals surface area contributed by atoms with E-state index in [2.05, 4.69) is 144 Å². The lowest BCUT2D eigenvalue weighted by atomic mass is 9.97.